The Morgan fingerprint density at radius 1 is 0.711 bits per heavy atom. The van der Waals surface area contributed by atoms with Gasteiger partial charge < -0.3 is 14.2 Å². The van der Waals surface area contributed by atoms with E-state index in [1.807, 2.05) is 30.6 Å². The van der Waals surface area contributed by atoms with Crippen LogP contribution in [0.1, 0.15) is 71.3 Å². The van der Waals surface area contributed by atoms with Crippen LogP contribution in [0, 0.1) is 0 Å². The summed E-state index contributed by atoms with van der Waals surface area (Å²) in [5, 5.41) is 0. The first-order valence-corrected chi connectivity index (χ1v) is 16.4. The van der Waals surface area contributed by atoms with Crippen molar-refractivity contribution < 1.29 is 9.53 Å². The van der Waals surface area contributed by atoms with Crippen LogP contribution >= 0.6 is 0 Å². The number of hydrogen-bond donors (Lipinski definition) is 0. The molecule has 0 radical (unpaired) electrons. The number of Topliss-reactive ketones (excluding diaryl/α,β-unsaturated/α-hetero) is 1. The van der Waals surface area contributed by atoms with E-state index in [9.17, 15) is 4.79 Å². The molecule has 1 aliphatic rings. The van der Waals surface area contributed by atoms with E-state index >= 15 is 0 Å². The van der Waals surface area contributed by atoms with Crippen LogP contribution in [-0.2, 0) is 12.0 Å². The molecule has 0 spiro atoms. The number of nitrogens with zero attached hydrogens (tertiary/aromatic N) is 3. The maximum atomic E-state index is 12.7. The van der Waals surface area contributed by atoms with Crippen molar-refractivity contribution in [3.05, 3.63) is 156 Å². The van der Waals surface area contributed by atoms with Gasteiger partial charge in [-0.3, -0.25) is 4.79 Å². The van der Waals surface area contributed by atoms with Crippen molar-refractivity contribution in [1.82, 2.24) is 14.5 Å². The maximum Gasteiger partial charge on any atom is 0.162 e. The second kappa shape index (κ2) is 15.0. The summed E-state index contributed by atoms with van der Waals surface area (Å²) in [6.45, 7) is 3.96. The number of carbonyl (C=O) groups is 1. The van der Waals surface area contributed by atoms with Crippen molar-refractivity contribution in [2.45, 2.75) is 50.5 Å². The Bertz CT molecular complexity index is 1510. The molecule has 0 bridgehead atoms. The van der Waals surface area contributed by atoms with E-state index < -0.39 is 5.54 Å². The Morgan fingerprint density at radius 2 is 1.29 bits per heavy atom. The molecule has 0 unspecified atom stereocenters. The quantitative estimate of drug-likeness (QED) is 0.0736. The van der Waals surface area contributed by atoms with Crippen LogP contribution < -0.4 is 4.74 Å². The Labute approximate surface area is 267 Å². The highest BCUT2D eigenvalue weighted by Gasteiger charge is 2.38. The minimum absolute atomic E-state index is 0.215. The maximum absolute atomic E-state index is 12.7. The summed E-state index contributed by atoms with van der Waals surface area (Å²) in [4.78, 5) is 20.0. The third-order valence-electron chi connectivity index (χ3n) is 8.95. The van der Waals surface area contributed by atoms with Gasteiger partial charge >= 0.3 is 0 Å². The lowest BCUT2D eigenvalue weighted by molar-refractivity contribution is 0.0973. The van der Waals surface area contributed by atoms with Crippen LogP contribution in [0.25, 0.3) is 0 Å². The van der Waals surface area contributed by atoms with Crippen LogP contribution in [0.3, 0.4) is 0 Å². The number of ether oxygens (including phenoxy) is 1. The number of aryl methyl sites for hydroxylation is 1. The summed E-state index contributed by atoms with van der Waals surface area (Å²) in [6, 6.07) is 39.6. The largest absolute Gasteiger partial charge is 0.494 e. The summed E-state index contributed by atoms with van der Waals surface area (Å²) in [7, 11) is 0. The molecule has 0 amide bonds. The van der Waals surface area contributed by atoms with Crippen molar-refractivity contribution in [2.24, 2.45) is 0 Å². The zero-order valence-corrected chi connectivity index (χ0v) is 26.1. The summed E-state index contributed by atoms with van der Waals surface area (Å²) in [6.07, 6.45) is 11.2. The van der Waals surface area contributed by atoms with Crippen molar-refractivity contribution >= 4 is 5.78 Å². The normalized spacial score (nSPS) is 13.9. The number of rotatable bonds is 14. The van der Waals surface area contributed by atoms with Gasteiger partial charge in [0, 0.05) is 18.2 Å². The molecule has 4 aromatic carbocycles. The summed E-state index contributed by atoms with van der Waals surface area (Å²) >= 11 is 0. The fraction of sp³-hybridized carbons (Fsp3) is 0.300. The molecule has 0 N–H and O–H groups in total. The zero-order valence-electron chi connectivity index (χ0n) is 26.1. The van der Waals surface area contributed by atoms with E-state index in [1.54, 1.807) is 0 Å². The Hall–Kier alpha value is -4.48. The van der Waals surface area contributed by atoms with Gasteiger partial charge in [0.1, 0.15) is 11.3 Å². The standard InChI is InChI=1S/C40H43N3O2/c44-39(22-13-29-42-27-11-4-12-28-42)33-23-25-38(26-24-33)45-30-14-21-37-31-43(32-41-37)40(34-15-5-1-6-16-34,35-17-7-2-8-18-35)36-19-9-3-10-20-36/h1-3,5-10,15-20,23-26,31-32H,4,11-14,21-22,27-30H2. The van der Waals surface area contributed by atoms with E-state index in [0.29, 0.717) is 13.0 Å². The molecule has 1 aliphatic heterocycles. The highest BCUT2D eigenvalue weighted by Crippen LogP contribution is 2.40. The van der Waals surface area contributed by atoms with Crippen molar-refractivity contribution in [3.63, 3.8) is 0 Å². The third kappa shape index (κ3) is 7.26. The number of imidazole rings is 1. The predicted octanol–water partition coefficient (Wildman–Crippen LogP) is 8.18. The van der Waals surface area contributed by atoms with Gasteiger partial charge in [0.15, 0.2) is 5.78 Å². The van der Waals surface area contributed by atoms with Gasteiger partial charge in [-0.15, -0.1) is 0 Å². The van der Waals surface area contributed by atoms with Gasteiger partial charge in [0.25, 0.3) is 0 Å². The van der Waals surface area contributed by atoms with E-state index in [0.717, 1.165) is 42.8 Å². The molecule has 0 atom stereocenters. The fourth-order valence-corrected chi connectivity index (χ4v) is 6.63. The molecule has 1 fully saturated rings. The van der Waals surface area contributed by atoms with E-state index in [4.69, 9.17) is 9.72 Å². The van der Waals surface area contributed by atoms with Gasteiger partial charge in [-0.25, -0.2) is 4.98 Å². The average molecular weight is 598 g/mol. The minimum atomic E-state index is -0.557. The SMILES string of the molecule is O=C(CCCN1CCCCC1)c1ccc(OCCCc2cn(C(c3ccccc3)(c3ccccc3)c3ccccc3)cn2)cc1. The molecule has 45 heavy (non-hydrogen) atoms. The van der Waals surface area contributed by atoms with Gasteiger partial charge in [-0.1, -0.05) is 97.4 Å². The van der Waals surface area contributed by atoms with E-state index in [2.05, 4.69) is 107 Å². The molecule has 1 saturated heterocycles. The number of carbonyl (C=O) groups excluding carboxylic acids is 1. The molecule has 1 aromatic heterocycles. The minimum Gasteiger partial charge on any atom is -0.494 e. The molecule has 6 rings (SSSR count). The summed E-state index contributed by atoms with van der Waals surface area (Å²) in [5.74, 6) is 1.01. The van der Waals surface area contributed by atoms with E-state index in [-0.39, 0.29) is 5.78 Å². The van der Waals surface area contributed by atoms with Crippen molar-refractivity contribution in [2.75, 3.05) is 26.2 Å². The number of ketones is 1. The number of piperidine rings is 1. The van der Waals surface area contributed by atoms with E-state index in [1.165, 1.54) is 49.0 Å². The monoisotopic (exact) mass is 597 g/mol. The fourth-order valence-electron chi connectivity index (χ4n) is 6.63. The van der Waals surface area contributed by atoms with Gasteiger partial charge in [0.2, 0.25) is 0 Å². The number of aromatic nitrogens is 2. The smallest absolute Gasteiger partial charge is 0.162 e. The molecule has 0 saturated carbocycles. The van der Waals surface area contributed by atoms with Crippen LogP contribution in [-0.4, -0.2) is 46.5 Å². The van der Waals surface area contributed by atoms with Crippen LogP contribution in [0.2, 0.25) is 0 Å². The topological polar surface area (TPSA) is 47.4 Å². The number of likely N-dealkylation sites (tertiary alicyclic amines) is 1. The lowest BCUT2D eigenvalue weighted by Gasteiger charge is -2.37. The number of benzene rings is 4. The van der Waals surface area contributed by atoms with Crippen LogP contribution in [0.15, 0.2) is 128 Å². The molecular formula is C40H43N3O2. The van der Waals surface area contributed by atoms with Crippen molar-refractivity contribution in [1.29, 1.82) is 0 Å². The second-order valence-electron chi connectivity index (χ2n) is 12.0. The van der Waals surface area contributed by atoms with Crippen LogP contribution in [0.5, 0.6) is 5.75 Å². The molecular weight excluding hydrogens is 554 g/mol. The van der Waals surface area contributed by atoms with Crippen LogP contribution in [0.4, 0.5) is 0 Å². The molecule has 5 nitrogen and oxygen atoms in total. The molecule has 2 heterocycles. The average Bonchev–Trinajstić information content (AvgIpc) is 3.58. The molecule has 5 aromatic rings. The first-order valence-electron chi connectivity index (χ1n) is 16.4. The van der Waals surface area contributed by atoms with Gasteiger partial charge in [-0.2, -0.15) is 0 Å². The van der Waals surface area contributed by atoms with Gasteiger partial charge in [-0.05, 0) is 92.7 Å². The lowest BCUT2D eigenvalue weighted by atomic mass is 9.77. The predicted molar refractivity (Wildman–Crippen MR) is 181 cm³/mol. The second-order valence-corrected chi connectivity index (χ2v) is 12.0. The highest BCUT2D eigenvalue weighted by molar-refractivity contribution is 5.96. The highest BCUT2D eigenvalue weighted by atomic mass is 16.5. The first kappa shape index (κ1) is 30.5. The lowest BCUT2D eigenvalue weighted by Crippen LogP contribution is -2.36. The Morgan fingerprint density at radius 3 is 1.87 bits per heavy atom. The summed E-state index contributed by atoms with van der Waals surface area (Å²) < 4.78 is 8.31. The third-order valence-corrected chi connectivity index (χ3v) is 8.95. The Balaban J connectivity index is 1.08. The van der Waals surface area contributed by atoms with Gasteiger partial charge in [0.05, 0.1) is 18.6 Å². The number of hydrogen-bond acceptors (Lipinski definition) is 4. The molecule has 0 aliphatic carbocycles. The molecule has 5 heteroatoms. The first-order chi connectivity index (χ1) is 22.2. The summed E-state index contributed by atoms with van der Waals surface area (Å²) in [5.41, 5.74) is 4.77. The zero-order chi connectivity index (χ0) is 30.7. The van der Waals surface area contributed by atoms with Crippen molar-refractivity contribution in [3.8, 4) is 5.75 Å². The molecule has 230 valence electrons. The Kier molecular flexibility index (Phi) is 10.2.